The molecule has 0 unspecified atom stereocenters. The van der Waals surface area contributed by atoms with Crippen LogP contribution in [0.1, 0.15) is 42.3 Å². The van der Waals surface area contributed by atoms with Crippen LogP contribution in [0.2, 0.25) is 0 Å². The van der Waals surface area contributed by atoms with Gasteiger partial charge in [0, 0.05) is 31.7 Å². The van der Waals surface area contributed by atoms with Gasteiger partial charge in [-0.05, 0) is 36.1 Å². The van der Waals surface area contributed by atoms with E-state index >= 15 is 0 Å². The number of para-hydroxylation sites is 1. The number of amides is 1. The van der Waals surface area contributed by atoms with E-state index < -0.39 is 20.9 Å². The van der Waals surface area contributed by atoms with Crippen molar-refractivity contribution in [3.05, 3.63) is 69.3 Å². The molecule has 0 atom stereocenters. The average Bonchev–Trinajstić information content (AvgIpc) is 2.72. The summed E-state index contributed by atoms with van der Waals surface area (Å²) >= 11 is 0. The molecule has 3 rings (SSSR count). The van der Waals surface area contributed by atoms with Gasteiger partial charge in [0.15, 0.2) is 0 Å². The first-order valence-electron chi connectivity index (χ1n) is 10.1. The molecule has 0 saturated carbocycles. The molecule has 2 aromatic carbocycles. The molecule has 0 aromatic heterocycles. The Morgan fingerprint density at radius 2 is 1.58 bits per heavy atom. The number of carbonyl (C=O) groups excluding carboxylic acids is 1. The molecular formula is C22H27N3O5S. The maximum absolute atomic E-state index is 13.0. The number of nitro groups is 1. The van der Waals surface area contributed by atoms with E-state index in [-0.39, 0.29) is 47.7 Å². The molecule has 31 heavy (non-hydrogen) atoms. The van der Waals surface area contributed by atoms with Gasteiger partial charge in [0.1, 0.15) is 5.56 Å². The van der Waals surface area contributed by atoms with Crippen LogP contribution in [0.4, 0.5) is 5.69 Å². The van der Waals surface area contributed by atoms with Crippen molar-refractivity contribution in [2.45, 2.75) is 38.0 Å². The standard InChI is InChI=1S/C22H27N3O5S/c1-16-6-5-7-19(20(16)25(27)28)21(26)23-12-14-24(15-13-23)31(29,30)18-10-8-17(9-11-18)22(2,3)4/h5-11H,12-15H2,1-4H3. The number of hydrogen-bond donors (Lipinski definition) is 0. The monoisotopic (exact) mass is 445 g/mol. The zero-order valence-electron chi connectivity index (χ0n) is 18.2. The molecule has 1 heterocycles. The van der Waals surface area contributed by atoms with Gasteiger partial charge in [0.05, 0.1) is 9.82 Å². The predicted molar refractivity (Wildman–Crippen MR) is 118 cm³/mol. The Bertz CT molecular complexity index is 1100. The molecule has 0 N–H and O–H groups in total. The maximum atomic E-state index is 13.0. The van der Waals surface area contributed by atoms with E-state index in [1.807, 2.05) is 12.1 Å². The molecule has 1 fully saturated rings. The van der Waals surface area contributed by atoms with Gasteiger partial charge in [-0.1, -0.05) is 45.0 Å². The van der Waals surface area contributed by atoms with E-state index in [9.17, 15) is 23.3 Å². The second-order valence-corrected chi connectivity index (χ2v) is 10.6. The van der Waals surface area contributed by atoms with Crippen LogP contribution in [0.3, 0.4) is 0 Å². The highest BCUT2D eigenvalue weighted by Gasteiger charge is 2.33. The summed E-state index contributed by atoms with van der Waals surface area (Å²) < 4.78 is 27.4. The Labute approximate surface area is 182 Å². The Morgan fingerprint density at radius 1 is 1.00 bits per heavy atom. The van der Waals surface area contributed by atoms with Crippen LogP contribution in [-0.2, 0) is 15.4 Å². The van der Waals surface area contributed by atoms with Crippen molar-refractivity contribution in [2.75, 3.05) is 26.2 Å². The number of benzene rings is 2. The van der Waals surface area contributed by atoms with Gasteiger partial charge in [0.2, 0.25) is 10.0 Å². The van der Waals surface area contributed by atoms with Crippen molar-refractivity contribution >= 4 is 21.6 Å². The van der Waals surface area contributed by atoms with Crippen molar-refractivity contribution in [3.63, 3.8) is 0 Å². The Kier molecular flexibility index (Phi) is 6.20. The minimum atomic E-state index is -3.68. The van der Waals surface area contributed by atoms with E-state index in [1.54, 1.807) is 31.2 Å². The topological polar surface area (TPSA) is 101 Å². The minimum absolute atomic E-state index is 0.0269. The molecule has 2 aromatic rings. The van der Waals surface area contributed by atoms with Gasteiger partial charge in [-0.15, -0.1) is 0 Å². The normalized spacial score (nSPS) is 15.7. The van der Waals surface area contributed by atoms with Gasteiger partial charge in [-0.2, -0.15) is 4.31 Å². The molecule has 0 spiro atoms. The van der Waals surface area contributed by atoms with Crippen molar-refractivity contribution in [1.29, 1.82) is 0 Å². The lowest BCUT2D eigenvalue weighted by Gasteiger charge is -2.34. The number of nitro benzene ring substituents is 1. The number of sulfonamides is 1. The van der Waals surface area contributed by atoms with Gasteiger partial charge in [-0.3, -0.25) is 14.9 Å². The van der Waals surface area contributed by atoms with Crippen LogP contribution >= 0.6 is 0 Å². The maximum Gasteiger partial charge on any atom is 0.285 e. The summed E-state index contributed by atoms with van der Waals surface area (Å²) in [5.41, 5.74) is 1.20. The number of piperazine rings is 1. The molecular weight excluding hydrogens is 418 g/mol. The van der Waals surface area contributed by atoms with Crippen molar-refractivity contribution in [3.8, 4) is 0 Å². The summed E-state index contributed by atoms with van der Waals surface area (Å²) in [5, 5.41) is 11.4. The lowest BCUT2D eigenvalue weighted by atomic mass is 9.87. The number of aryl methyl sites for hydroxylation is 1. The van der Waals surface area contributed by atoms with Gasteiger partial charge >= 0.3 is 0 Å². The molecule has 0 bridgehead atoms. The van der Waals surface area contributed by atoms with Crippen LogP contribution in [0, 0.1) is 17.0 Å². The highest BCUT2D eigenvalue weighted by Crippen LogP contribution is 2.27. The first-order chi connectivity index (χ1) is 14.4. The van der Waals surface area contributed by atoms with E-state index in [0.717, 1.165) is 5.56 Å². The third kappa shape index (κ3) is 4.62. The summed E-state index contributed by atoms with van der Waals surface area (Å²) in [6.07, 6.45) is 0. The van der Waals surface area contributed by atoms with Crippen LogP contribution in [0.25, 0.3) is 0 Å². The first kappa shape index (κ1) is 22.9. The lowest BCUT2D eigenvalue weighted by molar-refractivity contribution is -0.385. The molecule has 1 saturated heterocycles. The predicted octanol–water partition coefficient (Wildman–Crippen LogP) is 3.35. The van der Waals surface area contributed by atoms with Crippen molar-refractivity contribution in [1.82, 2.24) is 9.21 Å². The quantitative estimate of drug-likeness (QED) is 0.531. The molecule has 8 nitrogen and oxygen atoms in total. The fraction of sp³-hybridized carbons (Fsp3) is 0.409. The van der Waals surface area contributed by atoms with E-state index in [4.69, 9.17) is 0 Å². The largest absolute Gasteiger partial charge is 0.336 e. The van der Waals surface area contributed by atoms with Crippen molar-refractivity contribution < 1.29 is 18.1 Å². The van der Waals surface area contributed by atoms with Crippen LogP contribution in [0.5, 0.6) is 0 Å². The average molecular weight is 446 g/mol. The Morgan fingerprint density at radius 3 is 2.10 bits per heavy atom. The van der Waals surface area contributed by atoms with Crippen molar-refractivity contribution in [2.24, 2.45) is 0 Å². The molecule has 0 radical (unpaired) electrons. The van der Waals surface area contributed by atoms with Gasteiger partial charge in [-0.25, -0.2) is 8.42 Å². The van der Waals surface area contributed by atoms with Crippen LogP contribution in [0.15, 0.2) is 47.4 Å². The SMILES string of the molecule is Cc1cccc(C(=O)N2CCN(S(=O)(=O)c3ccc(C(C)(C)C)cc3)CC2)c1[N+](=O)[O-]. The fourth-order valence-electron chi connectivity index (χ4n) is 3.65. The van der Waals surface area contributed by atoms with Crippen LogP contribution < -0.4 is 0 Å². The second kappa shape index (κ2) is 8.39. The van der Waals surface area contributed by atoms with E-state index in [2.05, 4.69) is 20.8 Å². The highest BCUT2D eigenvalue weighted by atomic mass is 32.2. The zero-order valence-corrected chi connectivity index (χ0v) is 19.0. The summed E-state index contributed by atoms with van der Waals surface area (Å²) in [6.45, 7) is 8.38. The third-order valence-electron chi connectivity index (χ3n) is 5.53. The summed E-state index contributed by atoms with van der Waals surface area (Å²) in [4.78, 5) is 25.4. The zero-order chi connectivity index (χ0) is 23.0. The minimum Gasteiger partial charge on any atom is -0.336 e. The lowest BCUT2D eigenvalue weighted by Crippen LogP contribution is -2.50. The Balaban J connectivity index is 1.74. The van der Waals surface area contributed by atoms with E-state index in [0.29, 0.717) is 5.56 Å². The fourth-order valence-corrected chi connectivity index (χ4v) is 5.07. The smallest absolute Gasteiger partial charge is 0.285 e. The van der Waals surface area contributed by atoms with Crippen LogP contribution in [-0.4, -0.2) is 54.6 Å². The first-order valence-corrected chi connectivity index (χ1v) is 11.5. The number of rotatable bonds is 4. The molecule has 1 aliphatic heterocycles. The molecule has 1 aliphatic rings. The van der Waals surface area contributed by atoms with Gasteiger partial charge < -0.3 is 4.90 Å². The number of carbonyl (C=O) groups is 1. The summed E-state index contributed by atoms with van der Waals surface area (Å²) in [6, 6.07) is 11.5. The Hall–Kier alpha value is -2.78. The third-order valence-corrected chi connectivity index (χ3v) is 7.45. The summed E-state index contributed by atoms with van der Waals surface area (Å²) in [7, 11) is -3.68. The molecule has 166 valence electrons. The highest BCUT2D eigenvalue weighted by molar-refractivity contribution is 7.89. The van der Waals surface area contributed by atoms with E-state index in [1.165, 1.54) is 15.3 Å². The number of hydrogen-bond acceptors (Lipinski definition) is 5. The van der Waals surface area contributed by atoms with Gasteiger partial charge in [0.25, 0.3) is 11.6 Å². The number of nitrogens with zero attached hydrogens (tertiary/aromatic N) is 3. The molecule has 0 aliphatic carbocycles. The summed E-state index contributed by atoms with van der Waals surface area (Å²) in [5.74, 6) is -0.457. The molecule has 9 heteroatoms. The second-order valence-electron chi connectivity index (χ2n) is 8.70. The molecule has 1 amide bonds.